The molecule has 0 atom stereocenters. The minimum absolute atomic E-state index is 0.0665. The second-order valence-electron chi connectivity index (χ2n) is 1.72. The zero-order chi connectivity index (χ0) is 8.27. The van der Waals surface area contributed by atoms with Gasteiger partial charge < -0.3 is 14.0 Å². The van der Waals surface area contributed by atoms with Gasteiger partial charge in [0.2, 0.25) is 0 Å². The molecule has 0 saturated heterocycles. The van der Waals surface area contributed by atoms with Gasteiger partial charge in [-0.25, -0.2) is 4.79 Å². The van der Waals surface area contributed by atoms with Gasteiger partial charge in [-0.2, -0.15) is 0 Å². The summed E-state index contributed by atoms with van der Waals surface area (Å²) in [5.41, 5.74) is 0.190. The standard InChI is InChI=1S/C6H7NO4/c1-9-5(8)4-3-7-11-6(4)10-2/h3H,1-2H3. The predicted octanol–water partition coefficient (Wildman–Crippen LogP) is 0.470. The lowest BCUT2D eigenvalue weighted by molar-refractivity contribution is 0.0594. The fraction of sp³-hybridized carbons (Fsp3) is 0.333. The molecule has 0 radical (unpaired) electrons. The number of rotatable bonds is 2. The topological polar surface area (TPSA) is 61.6 Å². The molecular weight excluding hydrogens is 150 g/mol. The first-order valence-corrected chi connectivity index (χ1v) is 2.86. The molecule has 0 saturated carbocycles. The van der Waals surface area contributed by atoms with Crippen molar-refractivity contribution in [3.05, 3.63) is 11.8 Å². The minimum Gasteiger partial charge on any atom is -0.466 e. The summed E-state index contributed by atoms with van der Waals surface area (Å²) in [6.45, 7) is 0. The van der Waals surface area contributed by atoms with Gasteiger partial charge in [-0.05, 0) is 0 Å². The Bertz CT molecular complexity index is 255. The first-order valence-electron chi connectivity index (χ1n) is 2.86. The van der Waals surface area contributed by atoms with Crippen molar-refractivity contribution in [3.63, 3.8) is 0 Å². The lowest BCUT2D eigenvalue weighted by Gasteiger charge is -1.95. The van der Waals surface area contributed by atoms with Crippen LogP contribution in [-0.2, 0) is 4.74 Å². The number of carbonyl (C=O) groups is 1. The molecule has 1 aromatic rings. The van der Waals surface area contributed by atoms with Gasteiger partial charge in [0.25, 0.3) is 0 Å². The van der Waals surface area contributed by atoms with Gasteiger partial charge in [-0.3, -0.25) is 0 Å². The summed E-state index contributed by atoms with van der Waals surface area (Å²) in [4.78, 5) is 10.9. The monoisotopic (exact) mass is 157 g/mol. The molecule has 0 bridgehead atoms. The molecule has 0 unspecified atom stereocenters. The fourth-order valence-corrected chi connectivity index (χ4v) is 0.622. The van der Waals surface area contributed by atoms with Crippen LogP contribution in [0, 0.1) is 0 Å². The first-order chi connectivity index (χ1) is 5.29. The second kappa shape index (κ2) is 3.05. The lowest BCUT2D eigenvalue weighted by atomic mass is 10.4. The number of aromatic nitrogens is 1. The zero-order valence-electron chi connectivity index (χ0n) is 6.16. The molecule has 11 heavy (non-hydrogen) atoms. The van der Waals surface area contributed by atoms with Crippen LogP contribution in [0.4, 0.5) is 0 Å². The summed E-state index contributed by atoms with van der Waals surface area (Å²) in [5, 5.41) is 3.36. The number of esters is 1. The Morgan fingerprint density at radius 1 is 1.64 bits per heavy atom. The third-order valence-corrected chi connectivity index (χ3v) is 1.13. The van der Waals surface area contributed by atoms with Crippen molar-refractivity contribution in [1.82, 2.24) is 5.16 Å². The molecule has 5 heteroatoms. The van der Waals surface area contributed by atoms with E-state index < -0.39 is 5.97 Å². The summed E-state index contributed by atoms with van der Waals surface area (Å²) >= 11 is 0. The van der Waals surface area contributed by atoms with Gasteiger partial charge in [0.15, 0.2) is 5.56 Å². The predicted molar refractivity (Wildman–Crippen MR) is 34.4 cm³/mol. The van der Waals surface area contributed by atoms with Crippen molar-refractivity contribution in [1.29, 1.82) is 0 Å². The van der Waals surface area contributed by atoms with Crippen molar-refractivity contribution in [2.45, 2.75) is 0 Å². The highest BCUT2D eigenvalue weighted by atomic mass is 16.6. The molecule has 0 spiro atoms. The number of nitrogens with zero attached hydrogens (tertiary/aromatic N) is 1. The van der Waals surface area contributed by atoms with Crippen LogP contribution in [0.2, 0.25) is 0 Å². The van der Waals surface area contributed by atoms with Crippen LogP contribution in [0.3, 0.4) is 0 Å². The molecule has 0 amide bonds. The van der Waals surface area contributed by atoms with Crippen LogP contribution in [0.15, 0.2) is 10.7 Å². The van der Waals surface area contributed by atoms with Crippen LogP contribution in [0.5, 0.6) is 5.95 Å². The Morgan fingerprint density at radius 2 is 2.36 bits per heavy atom. The molecule has 5 nitrogen and oxygen atoms in total. The van der Waals surface area contributed by atoms with E-state index in [1.807, 2.05) is 0 Å². The van der Waals surface area contributed by atoms with Gasteiger partial charge in [0.1, 0.15) is 0 Å². The van der Waals surface area contributed by atoms with Gasteiger partial charge in [-0.15, -0.1) is 0 Å². The number of hydrogen-bond donors (Lipinski definition) is 0. The van der Waals surface area contributed by atoms with E-state index in [9.17, 15) is 4.79 Å². The van der Waals surface area contributed by atoms with Gasteiger partial charge in [-0.1, -0.05) is 5.16 Å². The number of methoxy groups -OCH3 is 2. The average molecular weight is 157 g/mol. The lowest BCUT2D eigenvalue weighted by Crippen LogP contribution is -2.01. The largest absolute Gasteiger partial charge is 0.466 e. The van der Waals surface area contributed by atoms with Gasteiger partial charge >= 0.3 is 11.9 Å². The normalized spacial score (nSPS) is 9.27. The number of carbonyl (C=O) groups excluding carboxylic acids is 1. The summed E-state index contributed by atoms with van der Waals surface area (Å²) in [6.07, 6.45) is 1.24. The highest BCUT2D eigenvalue weighted by Gasteiger charge is 2.16. The Balaban J connectivity index is 2.92. The van der Waals surface area contributed by atoms with Crippen LogP contribution in [0.25, 0.3) is 0 Å². The molecule has 1 aromatic heterocycles. The van der Waals surface area contributed by atoms with E-state index in [0.29, 0.717) is 0 Å². The number of ether oxygens (including phenoxy) is 2. The van der Waals surface area contributed by atoms with Crippen molar-refractivity contribution >= 4 is 5.97 Å². The third kappa shape index (κ3) is 1.31. The van der Waals surface area contributed by atoms with E-state index in [-0.39, 0.29) is 11.5 Å². The van der Waals surface area contributed by atoms with Crippen LogP contribution >= 0.6 is 0 Å². The quantitative estimate of drug-likeness (QED) is 0.584. The summed E-state index contributed by atoms with van der Waals surface area (Å²) in [6, 6.07) is 0. The molecule has 0 aromatic carbocycles. The van der Waals surface area contributed by atoms with E-state index in [4.69, 9.17) is 0 Å². The van der Waals surface area contributed by atoms with Crippen LogP contribution < -0.4 is 4.74 Å². The van der Waals surface area contributed by atoms with Crippen molar-refractivity contribution in [2.75, 3.05) is 14.2 Å². The summed E-state index contributed by atoms with van der Waals surface area (Å²) < 4.78 is 13.7. The second-order valence-corrected chi connectivity index (χ2v) is 1.72. The summed E-state index contributed by atoms with van der Waals surface area (Å²) in [5.74, 6) is -0.458. The molecule has 1 heterocycles. The number of hydrogen-bond acceptors (Lipinski definition) is 5. The van der Waals surface area contributed by atoms with Crippen LogP contribution in [0.1, 0.15) is 10.4 Å². The molecule has 0 aliphatic rings. The van der Waals surface area contributed by atoms with Crippen molar-refractivity contribution < 1.29 is 18.8 Å². The molecule has 0 aliphatic carbocycles. The maximum atomic E-state index is 10.9. The fourth-order valence-electron chi connectivity index (χ4n) is 0.622. The molecule has 0 aliphatic heterocycles. The Morgan fingerprint density at radius 3 is 2.91 bits per heavy atom. The van der Waals surface area contributed by atoms with E-state index in [0.717, 1.165) is 0 Å². The third-order valence-electron chi connectivity index (χ3n) is 1.13. The smallest absolute Gasteiger partial charge is 0.346 e. The molecule has 0 N–H and O–H groups in total. The molecular formula is C6H7NO4. The van der Waals surface area contributed by atoms with Gasteiger partial charge in [0.05, 0.1) is 20.4 Å². The van der Waals surface area contributed by atoms with E-state index in [2.05, 4.69) is 19.2 Å². The Kier molecular flexibility index (Phi) is 2.10. The molecule has 60 valence electrons. The van der Waals surface area contributed by atoms with Crippen LogP contribution in [-0.4, -0.2) is 25.3 Å². The zero-order valence-corrected chi connectivity index (χ0v) is 6.16. The Labute approximate surface area is 62.9 Å². The van der Waals surface area contributed by atoms with Gasteiger partial charge in [0, 0.05) is 0 Å². The Hall–Kier alpha value is -1.52. The average Bonchev–Trinajstić information content (AvgIpc) is 2.50. The van der Waals surface area contributed by atoms with Crippen molar-refractivity contribution in [2.24, 2.45) is 0 Å². The highest BCUT2D eigenvalue weighted by molar-refractivity contribution is 5.91. The molecule has 0 fully saturated rings. The highest BCUT2D eigenvalue weighted by Crippen LogP contribution is 2.16. The summed E-state index contributed by atoms with van der Waals surface area (Å²) in [7, 11) is 2.65. The minimum atomic E-state index is -0.525. The maximum Gasteiger partial charge on any atom is 0.346 e. The SMILES string of the molecule is COC(=O)c1cnoc1OC. The van der Waals surface area contributed by atoms with E-state index >= 15 is 0 Å². The van der Waals surface area contributed by atoms with E-state index in [1.54, 1.807) is 0 Å². The van der Waals surface area contributed by atoms with Crippen molar-refractivity contribution in [3.8, 4) is 5.95 Å². The first kappa shape index (κ1) is 7.59. The maximum absolute atomic E-state index is 10.9. The molecule has 1 rings (SSSR count). The van der Waals surface area contributed by atoms with E-state index in [1.165, 1.54) is 20.4 Å².